The van der Waals surface area contributed by atoms with E-state index in [1.807, 2.05) is 32.9 Å². The molecule has 2 fully saturated rings. The Morgan fingerprint density at radius 3 is 1.70 bits per heavy atom. The fourth-order valence-electron chi connectivity index (χ4n) is 6.09. The number of primary amides is 2. The molecule has 6 rings (SSSR count). The Kier molecular flexibility index (Phi) is 12.6. The first-order chi connectivity index (χ1) is 25.2. The number of aromatic nitrogens is 6. The molecule has 4 aromatic rings. The number of carbonyl (C=O) groups excluding carboxylic acids is 3. The number of carbonyl (C=O) groups is 3. The zero-order valence-corrected chi connectivity index (χ0v) is 32.3. The lowest BCUT2D eigenvalue weighted by Gasteiger charge is -2.40. The number of hydrogen-bond acceptors (Lipinski definition) is 16. The first-order valence-corrected chi connectivity index (χ1v) is 18.8. The third kappa shape index (κ3) is 9.62. The van der Waals surface area contributed by atoms with Crippen LogP contribution in [0, 0.1) is 13.8 Å². The van der Waals surface area contributed by atoms with Crippen LogP contribution in [0.5, 0.6) is 0 Å². The summed E-state index contributed by atoms with van der Waals surface area (Å²) in [5, 5.41) is 10.8. The molecule has 9 N–H and O–H groups in total. The van der Waals surface area contributed by atoms with Crippen molar-refractivity contribution in [3.05, 3.63) is 47.3 Å². The monoisotopic (exact) mass is 765 g/mol. The molecule has 6 heterocycles. The average molecular weight is 766 g/mol. The fourth-order valence-corrected chi connectivity index (χ4v) is 7.41. The number of nitrogens with one attached hydrogen (secondary N) is 3. The van der Waals surface area contributed by atoms with E-state index in [1.165, 1.54) is 28.0 Å². The molecule has 2 saturated heterocycles. The lowest BCUT2D eigenvalue weighted by Crippen LogP contribution is -2.56. The van der Waals surface area contributed by atoms with Gasteiger partial charge in [0.1, 0.15) is 21.6 Å². The van der Waals surface area contributed by atoms with E-state index in [-0.39, 0.29) is 41.6 Å². The number of rotatable bonds is 9. The summed E-state index contributed by atoms with van der Waals surface area (Å²) < 4.78 is 8.43. The van der Waals surface area contributed by atoms with Crippen molar-refractivity contribution in [3.63, 3.8) is 0 Å². The molecule has 20 heteroatoms. The van der Waals surface area contributed by atoms with Crippen LogP contribution < -0.4 is 43.0 Å². The van der Waals surface area contributed by atoms with Gasteiger partial charge in [0.2, 0.25) is 0 Å². The molecular formula is C33H47N15O3S2. The van der Waals surface area contributed by atoms with Gasteiger partial charge in [0.05, 0.1) is 29.8 Å². The highest BCUT2D eigenvalue weighted by Gasteiger charge is 2.31. The highest BCUT2D eigenvalue weighted by atomic mass is 32.1. The molecule has 18 nitrogen and oxygen atoms in total. The minimum atomic E-state index is -0.657. The van der Waals surface area contributed by atoms with Gasteiger partial charge in [-0.15, -0.1) is 0 Å². The van der Waals surface area contributed by atoms with Gasteiger partial charge in [0, 0.05) is 45.3 Å². The number of nitrogens with zero attached hydrogens (tertiary/aromatic N) is 9. The summed E-state index contributed by atoms with van der Waals surface area (Å²) in [5.74, 6) is 0.665. The molecule has 2 aliphatic heterocycles. The van der Waals surface area contributed by atoms with E-state index in [1.54, 1.807) is 26.5 Å². The quantitative estimate of drug-likeness (QED) is 0.143. The number of hydrogen-bond donors (Lipinski definition) is 6. The highest BCUT2D eigenvalue weighted by Crippen LogP contribution is 2.29. The Morgan fingerprint density at radius 1 is 0.792 bits per heavy atom. The lowest BCUT2D eigenvalue weighted by atomic mass is 9.97. The minimum Gasteiger partial charge on any atom is -0.364 e. The molecule has 4 aromatic heterocycles. The summed E-state index contributed by atoms with van der Waals surface area (Å²) in [5.41, 5.74) is 19.0. The Morgan fingerprint density at radius 2 is 1.26 bits per heavy atom. The molecule has 0 bridgehead atoms. The molecule has 0 radical (unpaired) electrons. The SMILES string of the molecule is Cc1cc(Nc2nc(N3CCC[C@H](N)[C@@H]3C)cnc2C(N)=O)sn1.Cc1cc(Nc2nc(N3CCC[C@H](NC(=O)N(C)C)[C@@H]3C)cnc2C(N)=O)sn1. The van der Waals surface area contributed by atoms with Gasteiger partial charge in [-0.3, -0.25) is 9.59 Å². The van der Waals surface area contributed by atoms with E-state index in [4.69, 9.17) is 17.2 Å². The van der Waals surface area contributed by atoms with Gasteiger partial charge < -0.3 is 47.9 Å². The maximum absolute atomic E-state index is 12.1. The Balaban J connectivity index is 0.000000208. The molecule has 284 valence electrons. The molecule has 2 aliphatic rings. The average Bonchev–Trinajstić information content (AvgIpc) is 3.73. The molecule has 4 atom stereocenters. The van der Waals surface area contributed by atoms with Crippen LogP contribution in [0.15, 0.2) is 24.5 Å². The predicted molar refractivity (Wildman–Crippen MR) is 207 cm³/mol. The number of aryl methyl sites for hydroxylation is 2. The van der Waals surface area contributed by atoms with E-state index in [9.17, 15) is 14.4 Å². The molecule has 53 heavy (non-hydrogen) atoms. The van der Waals surface area contributed by atoms with E-state index >= 15 is 0 Å². The minimum absolute atomic E-state index is 0.0138. The predicted octanol–water partition coefficient (Wildman–Crippen LogP) is 3.11. The van der Waals surface area contributed by atoms with Crippen LogP contribution in [-0.2, 0) is 0 Å². The first kappa shape index (κ1) is 39.0. The third-order valence-electron chi connectivity index (χ3n) is 9.06. The van der Waals surface area contributed by atoms with Gasteiger partial charge in [-0.1, -0.05) is 0 Å². The van der Waals surface area contributed by atoms with Crippen molar-refractivity contribution in [2.75, 3.05) is 47.6 Å². The number of piperidine rings is 2. The van der Waals surface area contributed by atoms with E-state index in [2.05, 4.69) is 61.4 Å². The van der Waals surface area contributed by atoms with Crippen LogP contribution in [0.2, 0.25) is 0 Å². The van der Waals surface area contributed by atoms with Gasteiger partial charge in [-0.25, -0.2) is 24.7 Å². The van der Waals surface area contributed by atoms with Crippen molar-refractivity contribution in [3.8, 4) is 0 Å². The summed E-state index contributed by atoms with van der Waals surface area (Å²) in [7, 11) is 3.43. The van der Waals surface area contributed by atoms with Crippen LogP contribution in [0.4, 0.5) is 38.1 Å². The summed E-state index contributed by atoms with van der Waals surface area (Å²) >= 11 is 2.56. The highest BCUT2D eigenvalue weighted by molar-refractivity contribution is 7.10. The molecule has 0 aliphatic carbocycles. The maximum atomic E-state index is 12.1. The molecule has 0 spiro atoms. The third-order valence-corrected chi connectivity index (χ3v) is 10.7. The molecule has 0 unspecified atom stereocenters. The summed E-state index contributed by atoms with van der Waals surface area (Å²) in [6, 6.07) is 3.87. The van der Waals surface area contributed by atoms with E-state index in [0.29, 0.717) is 23.3 Å². The Hall–Kier alpha value is -5.21. The number of urea groups is 1. The normalized spacial score (nSPS) is 19.8. The smallest absolute Gasteiger partial charge is 0.317 e. The molecular weight excluding hydrogens is 719 g/mol. The second-order valence-corrected chi connectivity index (χ2v) is 14.9. The Bertz CT molecular complexity index is 1920. The Labute approximate surface area is 316 Å². The van der Waals surface area contributed by atoms with Crippen LogP contribution in [0.3, 0.4) is 0 Å². The summed E-state index contributed by atoms with van der Waals surface area (Å²) in [4.78, 5) is 59.0. The first-order valence-electron chi connectivity index (χ1n) is 17.2. The van der Waals surface area contributed by atoms with Crippen LogP contribution in [-0.4, -0.2) is 103 Å². The van der Waals surface area contributed by atoms with Gasteiger partial charge in [0.25, 0.3) is 11.8 Å². The second kappa shape index (κ2) is 17.1. The summed E-state index contributed by atoms with van der Waals surface area (Å²) in [6.45, 7) is 9.54. The van der Waals surface area contributed by atoms with Crippen molar-refractivity contribution < 1.29 is 14.4 Å². The van der Waals surface area contributed by atoms with Crippen LogP contribution in [0.25, 0.3) is 0 Å². The van der Waals surface area contributed by atoms with Crippen molar-refractivity contribution >= 4 is 74.2 Å². The van der Waals surface area contributed by atoms with Crippen LogP contribution in [0.1, 0.15) is 71.9 Å². The van der Waals surface area contributed by atoms with Gasteiger partial charge in [0.15, 0.2) is 23.0 Å². The van der Waals surface area contributed by atoms with Gasteiger partial charge >= 0.3 is 6.03 Å². The van der Waals surface area contributed by atoms with Gasteiger partial charge in [-0.2, -0.15) is 8.75 Å². The van der Waals surface area contributed by atoms with Crippen LogP contribution >= 0.6 is 23.1 Å². The fraction of sp³-hybridized carbons (Fsp3) is 0.485. The maximum Gasteiger partial charge on any atom is 0.317 e. The number of anilines is 6. The number of amides is 4. The van der Waals surface area contributed by atoms with E-state index in [0.717, 1.165) is 60.2 Å². The molecule has 4 amide bonds. The molecule has 0 saturated carbocycles. The molecule has 0 aromatic carbocycles. The van der Waals surface area contributed by atoms with Crippen molar-refractivity contribution in [1.29, 1.82) is 0 Å². The van der Waals surface area contributed by atoms with Crippen molar-refractivity contribution in [1.82, 2.24) is 38.9 Å². The van der Waals surface area contributed by atoms with Gasteiger partial charge in [-0.05, 0) is 88.6 Å². The van der Waals surface area contributed by atoms with Crippen molar-refractivity contribution in [2.24, 2.45) is 17.2 Å². The topological polar surface area (TPSA) is 252 Å². The zero-order chi connectivity index (χ0) is 38.4. The summed E-state index contributed by atoms with van der Waals surface area (Å²) in [6.07, 6.45) is 6.92. The van der Waals surface area contributed by atoms with Crippen molar-refractivity contribution in [2.45, 2.75) is 77.5 Å². The lowest BCUT2D eigenvalue weighted by molar-refractivity contribution is 0.0987. The standard InChI is InChI=1S/C18H26N8O2S.C15H21N7OS/c1-10-8-14(29-24-10)23-17-15(16(19)27)20-9-13(22-17)26-7-5-6-12(11(26)2)21-18(28)25(3)4;1-8-6-12(24-21-8)20-15-13(14(17)23)18-7-11(19-15)22-5-3-4-10(16)9(22)2/h8-9,11-12H,5-7H2,1-4H3,(H2,19,27)(H,21,28)(H,22,23);6-7,9-10H,3-5,16H2,1-2H3,(H2,17,23)(H,19,20)/t11-,12-;9-,10-/m00/s1. The van der Waals surface area contributed by atoms with E-state index < -0.39 is 11.8 Å². The zero-order valence-electron chi connectivity index (χ0n) is 30.7. The largest absolute Gasteiger partial charge is 0.364 e. The second-order valence-electron chi connectivity index (χ2n) is 13.3. The number of nitrogens with two attached hydrogens (primary N) is 3.